The van der Waals surface area contributed by atoms with Gasteiger partial charge < -0.3 is 0 Å². The van der Waals surface area contributed by atoms with E-state index in [0.717, 1.165) is 4.88 Å². The molecular formula is C13H10ClN3OS. The number of para-hydroxylation sites is 1. The topological polar surface area (TPSA) is 47.8 Å². The van der Waals surface area contributed by atoms with Gasteiger partial charge in [0.15, 0.2) is 0 Å². The maximum absolute atomic E-state index is 12.5. The first kappa shape index (κ1) is 12.3. The molecule has 0 aliphatic heterocycles. The summed E-state index contributed by atoms with van der Waals surface area (Å²) in [5, 5.41) is 0.612. The standard InChI is InChI=1S/C13H10ClN3OS/c14-5-12-16-11-4-2-1-3-10(11)13(18)17(12)7-9-6-15-8-19-9/h1-4,6,8H,5,7H2. The number of benzene rings is 1. The number of nitrogens with zero attached hydrogens (tertiary/aromatic N) is 3. The van der Waals surface area contributed by atoms with E-state index in [0.29, 0.717) is 23.3 Å². The lowest BCUT2D eigenvalue weighted by Gasteiger charge is -2.10. The Hall–Kier alpha value is -1.72. The van der Waals surface area contributed by atoms with Crippen LogP contribution in [0.5, 0.6) is 0 Å². The van der Waals surface area contributed by atoms with E-state index in [2.05, 4.69) is 9.97 Å². The zero-order valence-corrected chi connectivity index (χ0v) is 11.5. The third-order valence-corrected chi connectivity index (χ3v) is 3.86. The molecule has 19 heavy (non-hydrogen) atoms. The van der Waals surface area contributed by atoms with Crippen molar-refractivity contribution in [3.63, 3.8) is 0 Å². The SMILES string of the molecule is O=c1c2ccccc2nc(CCl)n1Cc1cncs1. The molecule has 0 unspecified atom stereocenters. The summed E-state index contributed by atoms with van der Waals surface area (Å²) in [6, 6.07) is 7.30. The number of hydrogen-bond donors (Lipinski definition) is 0. The van der Waals surface area contributed by atoms with Gasteiger partial charge in [-0.15, -0.1) is 22.9 Å². The number of aromatic nitrogens is 3. The van der Waals surface area contributed by atoms with Crippen LogP contribution in [0.2, 0.25) is 0 Å². The van der Waals surface area contributed by atoms with E-state index in [1.165, 1.54) is 11.3 Å². The van der Waals surface area contributed by atoms with Crippen LogP contribution in [0.1, 0.15) is 10.7 Å². The molecule has 2 heterocycles. The Balaban J connectivity index is 2.21. The summed E-state index contributed by atoms with van der Waals surface area (Å²) in [5.74, 6) is 0.789. The number of alkyl halides is 1. The van der Waals surface area contributed by atoms with E-state index in [1.807, 2.05) is 18.2 Å². The molecule has 0 spiro atoms. The van der Waals surface area contributed by atoms with Gasteiger partial charge in [0.1, 0.15) is 5.82 Å². The van der Waals surface area contributed by atoms with Crippen molar-refractivity contribution in [1.29, 1.82) is 0 Å². The van der Waals surface area contributed by atoms with Gasteiger partial charge in [0.25, 0.3) is 5.56 Å². The molecule has 0 fully saturated rings. The van der Waals surface area contributed by atoms with Crippen molar-refractivity contribution in [3.05, 3.63) is 57.0 Å². The first-order chi connectivity index (χ1) is 9.29. The molecule has 0 saturated heterocycles. The highest BCUT2D eigenvalue weighted by molar-refractivity contribution is 7.09. The van der Waals surface area contributed by atoms with Gasteiger partial charge in [-0.3, -0.25) is 14.3 Å². The van der Waals surface area contributed by atoms with Crippen molar-refractivity contribution in [2.75, 3.05) is 0 Å². The monoisotopic (exact) mass is 291 g/mol. The summed E-state index contributed by atoms with van der Waals surface area (Å²) < 4.78 is 1.61. The Morgan fingerprint density at radius 3 is 2.89 bits per heavy atom. The Kier molecular flexibility index (Phi) is 3.31. The molecule has 6 heteroatoms. The average Bonchev–Trinajstić information content (AvgIpc) is 2.95. The Bertz CT molecular complexity index is 767. The van der Waals surface area contributed by atoms with Crippen LogP contribution in [0.4, 0.5) is 0 Å². The molecule has 0 amide bonds. The number of halogens is 1. The van der Waals surface area contributed by atoms with E-state index in [-0.39, 0.29) is 11.4 Å². The number of thiazole rings is 1. The van der Waals surface area contributed by atoms with Gasteiger partial charge in [0.2, 0.25) is 0 Å². The minimum absolute atomic E-state index is 0.0605. The summed E-state index contributed by atoms with van der Waals surface area (Å²) in [7, 11) is 0. The normalized spacial score (nSPS) is 11.0. The zero-order chi connectivity index (χ0) is 13.2. The fourth-order valence-electron chi connectivity index (χ4n) is 1.96. The third-order valence-electron chi connectivity index (χ3n) is 2.86. The molecular weight excluding hydrogens is 282 g/mol. The fraction of sp³-hybridized carbons (Fsp3) is 0.154. The second-order valence-electron chi connectivity index (χ2n) is 4.04. The van der Waals surface area contributed by atoms with Crippen LogP contribution in [0.15, 0.2) is 40.8 Å². The molecule has 0 bridgehead atoms. The van der Waals surface area contributed by atoms with Gasteiger partial charge >= 0.3 is 0 Å². The van der Waals surface area contributed by atoms with Crippen molar-refractivity contribution in [2.24, 2.45) is 0 Å². The van der Waals surface area contributed by atoms with Crippen LogP contribution < -0.4 is 5.56 Å². The number of fused-ring (bicyclic) bond motifs is 1. The second-order valence-corrected chi connectivity index (χ2v) is 5.28. The molecule has 1 aromatic carbocycles. The zero-order valence-electron chi connectivity index (χ0n) is 9.91. The first-order valence-corrected chi connectivity index (χ1v) is 7.13. The molecule has 3 aromatic rings. The summed E-state index contributed by atoms with van der Waals surface area (Å²) in [6.45, 7) is 0.462. The lowest BCUT2D eigenvalue weighted by molar-refractivity contribution is 0.713. The summed E-state index contributed by atoms with van der Waals surface area (Å²) in [6.07, 6.45) is 1.75. The van der Waals surface area contributed by atoms with Crippen molar-refractivity contribution in [3.8, 4) is 0 Å². The number of hydrogen-bond acceptors (Lipinski definition) is 4. The molecule has 2 aromatic heterocycles. The summed E-state index contributed by atoms with van der Waals surface area (Å²) >= 11 is 7.42. The third kappa shape index (κ3) is 2.27. The highest BCUT2D eigenvalue weighted by Gasteiger charge is 2.10. The molecule has 3 rings (SSSR count). The van der Waals surface area contributed by atoms with Crippen molar-refractivity contribution >= 4 is 33.8 Å². The highest BCUT2D eigenvalue weighted by Crippen LogP contribution is 2.13. The van der Waals surface area contributed by atoms with Gasteiger partial charge in [-0.05, 0) is 12.1 Å². The summed E-state index contributed by atoms with van der Waals surface area (Å²) in [4.78, 5) is 22.0. The maximum atomic E-state index is 12.5. The van der Waals surface area contributed by atoms with Crippen molar-refractivity contribution in [2.45, 2.75) is 12.4 Å². The van der Waals surface area contributed by atoms with Gasteiger partial charge in [0, 0.05) is 11.1 Å². The molecule has 4 nitrogen and oxygen atoms in total. The van der Waals surface area contributed by atoms with Crippen molar-refractivity contribution in [1.82, 2.24) is 14.5 Å². The molecule has 0 radical (unpaired) electrons. The highest BCUT2D eigenvalue weighted by atomic mass is 35.5. The van der Waals surface area contributed by atoms with Gasteiger partial charge in [0.05, 0.1) is 28.8 Å². The Morgan fingerprint density at radius 2 is 2.16 bits per heavy atom. The Morgan fingerprint density at radius 1 is 1.32 bits per heavy atom. The predicted molar refractivity (Wildman–Crippen MR) is 76.8 cm³/mol. The quantitative estimate of drug-likeness (QED) is 0.697. The van der Waals surface area contributed by atoms with Crippen LogP contribution in [-0.2, 0) is 12.4 Å². The van der Waals surface area contributed by atoms with E-state index in [4.69, 9.17) is 11.6 Å². The molecule has 0 atom stereocenters. The van der Waals surface area contributed by atoms with E-state index >= 15 is 0 Å². The van der Waals surface area contributed by atoms with Gasteiger partial charge in [-0.1, -0.05) is 12.1 Å². The molecule has 0 aliphatic rings. The number of rotatable bonds is 3. The second kappa shape index (κ2) is 5.11. The van der Waals surface area contributed by atoms with Crippen molar-refractivity contribution < 1.29 is 0 Å². The molecule has 0 saturated carbocycles. The smallest absolute Gasteiger partial charge is 0.261 e. The fourth-order valence-corrected chi connectivity index (χ4v) is 2.74. The Labute approximate surface area is 118 Å². The first-order valence-electron chi connectivity index (χ1n) is 5.71. The molecule has 0 N–H and O–H groups in total. The summed E-state index contributed by atoms with van der Waals surface area (Å²) in [5.41, 5.74) is 2.37. The molecule has 96 valence electrons. The van der Waals surface area contributed by atoms with Crippen LogP contribution in [0.25, 0.3) is 10.9 Å². The van der Waals surface area contributed by atoms with E-state index in [1.54, 1.807) is 22.3 Å². The molecule has 0 aliphatic carbocycles. The largest absolute Gasteiger partial charge is 0.290 e. The minimum Gasteiger partial charge on any atom is -0.290 e. The van der Waals surface area contributed by atoms with E-state index in [9.17, 15) is 4.79 Å². The maximum Gasteiger partial charge on any atom is 0.261 e. The van der Waals surface area contributed by atoms with Crippen LogP contribution in [-0.4, -0.2) is 14.5 Å². The minimum atomic E-state index is -0.0605. The van der Waals surface area contributed by atoms with Gasteiger partial charge in [-0.2, -0.15) is 0 Å². The van der Waals surface area contributed by atoms with E-state index < -0.39 is 0 Å². The van der Waals surface area contributed by atoms with Crippen LogP contribution in [0, 0.1) is 0 Å². The van der Waals surface area contributed by atoms with Crippen LogP contribution >= 0.6 is 22.9 Å². The lowest BCUT2D eigenvalue weighted by Crippen LogP contribution is -2.25. The van der Waals surface area contributed by atoms with Crippen LogP contribution in [0.3, 0.4) is 0 Å². The lowest BCUT2D eigenvalue weighted by atomic mass is 10.2. The van der Waals surface area contributed by atoms with Gasteiger partial charge in [-0.25, -0.2) is 4.98 Å². The predicted octanol–water partition coefficient (Wildman–Crippen LogP) is 2.64. The average molecular weight is 292 g/mol.